The van der Waals surface area contributed by atoms with Gasteiger partial charge in [0.05, 0.1) is 11.2 Å². The molecule has 1 heterocycles. The summed E-state index contributed by atoms with van der Waals surface area (Å²) in [7, 11) is 0. The topological polar surface area (TPSA) is 68.0 Å². The number of amides is 1. The second-order valence-electron chi connectivity index (χ2n) is 4.01. The van der Waals surface area contributed by atoms with Crippen molar-refractivity contribution in [3.63, 3.8) is 0 Å². The maximum Gasteiger partial charge on any atom is 0.263 e. The third-order valence-electron chi connectivity index (χ3n) is 2.62. The number of aromatic nitrogens is 1. The Morgan fingerprint density at radius 1 is 1.53 bits per heavy atom. The minimum Gasteiger partial charge on any atom is -0.389 e. The smallest absolute Gasteiger partial charge is 0.263 e. The third-order valence-corrected chi connectivity index (χ3v) is 3.78. The second-order valence-corrected chi connectivity index (χ2v) is 5.31. The predicted octanol–water partition coefficient (Wildman–Crippen LogP) is 2.02. The Bertz CT molecular complexity index is 622. The van der Waals surface area contributed by atoms with Crippen molar-refractivity contribution in [2.45, 2.75) is 13.5 Å². The number of benzene rings is 1. The summed E-state index contributed by atoms with van der Waals surface area (Å²) in [6.45, 7) is 2.26. The van der Waals surface area contributed by atoms with Crippen LogP contribution in [0.15, 0.2) is 29.8 Å². The molecule has 1 aromatic carbocycles. The molecule has 0 unspecified atom stereocenters. The van der Waals surface area contributed by atoms with Gasteiger partial charge < -0.3 is 11.1 Å². The molecule has 0 fully saturated rings. The highest BCUT2D eigenvalue weighted by molar-refractivity contribution is 7.80. The minimum absolute atomic E-state index is 0.110. The molecule has 98 valence electrons. The summed E-state index contributed by atoms with van der Waals surface area (Å²) in [6.07, 6.45) is 0. The Kier molecular flexibility index (Phi) is 4.24. The van der Waals surface area contributed by atoms with E-state index in [0.717, 1.165) is 16.8 Å². The van der Waals surface area contributed by atoms with Gasteiger partial charge in [-0.15, -0.1) is 11.3 Å². The highest BCUT2D eigenvalue weighted by atomic mass is 32.1. The van der Waals surface area contributed by atoms with E-state index in [-0.39, 0.29) is 5.91 Å². The summed E-state index contributed by atoms with van der Waals surface area (Å²) in [5.74, 6) is -0.110. The Balaban J connectivity index is 2.03. The van der Waals surface area contributed by atoms with Gasteiger partial charge >= 0.3 is 0 Å². The SMILES string of the molecule is Cc1ncsc1C(=O)NCc1cccc(C(N)=S)c1. The van der Waals surface area contributed by atoms with Crippen molar-refractivity contribution in [1.29, 1.82) is 0 Å². The molecule has 0 atom stereocenters. The zero-order valence-electron chi connectivity index (χ0n) is 10.3. The van der Waals surface area contributed by atoms with Gasteiger partial charge in [0.25, 0.3) is 5.91 Å². The maximum atomic E-state index is 11.9. The second kappa shape index (κ2) is 5.90. The van der Waals surface area contributed by atoms with E-state index >= 15 is 0 Å². The molecule has 2 rings (SSSR count). The summed E-state index contributed by atoms with van der Waals surface area (Å²) >= 11 is 6.26. The molecular weight excluding hydrogens is 278 g/mol. The number of thiocarbonyl (C=S) groups is 1. The van der Waals surface area contributed by atoms with E-state index in [2.05, 4.69) is 10.3 Å². The van der Waals surface area contributed by atoms with Crippen LogP contribution in [0.1, 0.15) is 26.5 Å². The van der Waals surface area contributed by atoms with E-state index in [9.17, 15) is 4.79 Å². The molecule has 0 saturated heterocycles. The van der Waals surface area contributed by atoms with Crippen LogP contribution in [0.4, 0.5) is 0 Å². The normalized spacial score (nSPS) is 10.2. The molecule has 1 aromatic heterocycles. The van der Waals surface area contributed by atoms with E-state index in [4.69, 9.17) is 18.0 Å². The summed E-state index contributed by atoms with van der Waals surface area (Å²) < 4.78 is 0. The predicted molar refractivity (Wildman–Crippen MR) is 80.4 cm³/mol. The van der Waals surface area contributed by atoms with Crippen LogP contribution < -0.4 is 11.1 Å². The first-order chi connectivity index (χ1) is 9.08. The number of nitrogens with two attached hydrogens (primary N) is 1. The van der Waals surface area contributed by atoms with E-state index in [1.807, 2.05) is 31.2 Å². The van der Waals surface area contributed by atoms with Crippen LogP contribution >= 0.6 is 23.6 Å². The minimum atomic E-state index is -0.110. The first-order valence-electron chi connectivity index (χ1n) is 5.65. The molecule has 6 heteroatoms. The Morgan fingerprint density at radius 3 is 2.95 bits per heavy atom. The average Bonchev–Trinajstić information content (AvgIpc) is 2.82. The largest absolute Gasteiger partial charge is 0.389 e. The van der Waals surface area contributed by atoms with Gasteiger partial charge in [-0.05, 0) is 18.6 Å². The first-order valence-corrected chi connectivity index (χ1v) is 6.93. The monoisotopic (exact) mass is 291 g/mol. The maximum absolute atomic E-state index is 11.9. The number of carbonyl (C=O) groups excluding carboxylic acids is 1. The van der Waals surface area contributed by atoms with Gasteiger partial charge in [0.2, 0.25) is 0 Å². The van der Waals surface area contributed by atoms with E-state index in [1.165, 1.54) is 11.3 Å². The quantitative estimate of drug-likeness (QED) is 0.846. The van der Waals surface area contributed by atoms with Gasteiger partial charge in [0.1, 0.15) is 9.87 Å². The van der Waals surface area contributed by atoms with E-state index in [1.54, 1.807) is 5.51 Å². The van der Waals surface area contributed by atoms with Crippen molar-refractivity contribution in [2.24, 2.45) is 5.73 Å². The number of rotatable bonds is 4. The fourth-order valence-electron chi connectivity index (χ4n) is 1.62. The number of nitrogens with zero attached hydrogens (tertiary/aromatic N) is 1. The molecule has 0 spiro atoms. The summed E-state index contributed by atoms with van der Waals surface area (Å²) in [6, 6.07) is 7.51. The van der Waals surface area contributed by atoms with Crippen LogP contribution in [0, 0.1) is 6.92 Å². The van der Waals surface area contributed by atoms with Crippen molar-refractivity contribution in [2.75, 3.05) is 0 Å². The van der Waals surface area contributed by atoms with E-state index < -0.39 is 0 Å². The van der Waals surface area contributed by atoms with Crippen LogP contribution in [0.5, 0.6) is 0 Å². The van der Waals surface area contributed by atoms with Crippen LogP contribution in [0.3, 0.4) is 0 Å². The number of carbonyl (C=O) groups is 1. The molecule has 0 saturated carbocycles. The Labute approximate surface area is 120 Å². The highest BCUT2D eigenvalue weighted by Crippen LogP contribution is 2.12. The molecule has 19 heavy (non-hydrogen) atoms. The molecule has 3 N–H and O–H groups in total. The number of hydrogen-bond donors (Lipinski definition) is 2. The van der Waals surface area contributed by atoms with Crippen molar-refractivity contribution in [3.8, 4) is 0 Å². The molecule has 2 aromatic rings. The van der Waals surface area contributed by atoms with Crippen LogP contribution in [-0.4, -0.2) is 15.9 Å². The zero-order valence-corrected chi connectivity index (χ0v) is 12.0. The lowest BCUT2D eigenvalue weighted by Crippen LogP contribution is -2.22. The van der Waals surface area contributed by atoms with Gasteiger partial charge in [-0.1, -0.05) is 30.4 Å². The van der Waals surface area contributed by atoms with Gasteiger partial charge in [-0.3, -0.25) is 4.79 Å². The standard InChI is InChI=1S/C13H13N3OS2/c1-8-11(19-7-16-8)13(17)15-6-9-3-2-4-10(5-9)12(14)18/h2-5,7H,6H2,1H3,(H2,14,18)(H,15,17). The van der Waals surface area contributed by atoms with Gasteiger partial charge in [0.15, 0.2) is 0 Å². The Morgan fingerprint density at radius 2 is 2.32 bits per heavy atom. The van der Waals surface area contributed by atoms with Crippen LogP contribution in [0.2, 0.25) is 0 Å². The average molecular weight is 291 g/mol. The molecule has 4 nitrogen and oxygen atoms in total. The molecule has 1 amide bonds. The number of nitrogens with one attached hydrogen (secondary N) is 1. The van der Waals surface area contributed by atoms with Gasteiger partial charge in [-0.2, -0.15) is 0 Å². The molecule has 0 aliphatic carbocycles. The van der Waals surface area contributed by atoms with Gasteiger partial charge in [0, 0.05) is 12.1 Å². The van der Waals surface area contributed by atoms with Crippen molar-refractivity contribution in [3.05, 3.63) is 51.5 Å². The zero-order chi connectivity index (χ0) is 13.8. The van der Waals surface area contributed by atoms with Crippen LogP contribution in [0.25, 0.3) is 0 Å². The number of thiazole rings is 1. The molecule has 0 aliphatic heterocycles. The van der Waals surface area contributed by atoms with E-state index in [0.29, 0.717) is 16.4 Å². The van der Waals surface area contributed by atoms with Gasteiger partial charge in [-0.25, -0.2) is 4.98 Å². The first kappa shape index (κ1) is 13.6. The fraction of sp³-hybridized carbons (Fsp3) is 0.154. The number of aryl methyl sites for hydroxylation is 1. The lowest BCUT2D eigenvalue weighted by Gasteiger charge is -2.06. The third kappa shape index (κ3) is 3.36. The van der Waals surface area contributed by atoms with Crippen molar-refractivity contribution < 1.29 is 4.79 Å². The fourth-order valence-corrected chi connectivity index (χ4v) is 2.46. The molecule has 0 aliphatic rings. The summed E-state index contributed by atoms with van der Waals surface area (Å²) in [5.41, 5.74) is 9.75. The Hall–Kier alpha value is -1.79. The molecular formula is C13H13N3OS2. The molecule has 0 bridgehead atoms. The van der Waals surface area contributed by atoms with Crippen LogP contribution in [-0.2, 0) is 6.54 Å². The van der Waals surface area contributed by atoms with Crippen molar-refractivity contribution >= 4 is 34.5 Å². The lowest BCUT2D eigenvalue weighted by molar-refractivity contribution is 0.0954. The summed E-state index contributed by atoms with van der Waals surface area (Å²) in [4.78, 5) is 17.0. The highest BCUT2D eigenvalue weighted by Gasteiger charge is 2.11. The lowest BCUT2D eigenvalue weighted by atomic mass is 10.1. The summed E-state index contributed by atoms with van der Waals surface area (Å²) in [5, 5.41) is 2.86. The van der Waals surface area contributed by atoms with Crippen molar-refractivity contribution in [1.82, 2.24) is 10.3 Å². The molecule has 0 radical (unpaired) electrons. The number of hydrogen-bond acceptors (Lipinski definition) is 4.